The van der Waals surface area contributed by atoms with Gasteiger partial charge in [-0.1, -0.05) is 36.1 Å². The maximum Gasteiger partial charge on any atom is 0.268 e. The molecule has 1 aliphatic heterocycles. The van der Waals surface area contributed by atoms with Crippen LogP contribution >= 0.6 is 0 Å². The molecule has 0 spiro atoms. The lowest BCUT2D eigenvalue weighted by Gasteiger charge is -2.26. The second kappa shape index (κ2) is 8.20. The van der Waals surface area contributed by atoms with Crippen LogP contribution in [0.2, 0.25) is 0 Å². The van der Waals surface area contributed by atoms with Crippen LogP contribution in [0.1, 0.15) is 21.6 Å². The molecule has 5 nitrogen and oxygen atoms in total. The Morgan fingerprint density at radius 1 is 1.18 bits per heavy atom. The minimum Gasteiger partial charge on any atom is -0.497 e. The third-order valence-corrected chi connectivity index (χ3v) is 5.05. The maximum absolute atomic E-state index is 12.3. The third-order valence-electron chi connectivity index (χ3n) is 5.05. The molecule has 0 saturated heterocycles. The lowest BCUT2D eigenvalue weighted by Crippen LogP contribution is -2.31. The first-order valence-electron chi connectivity index (χ1n) is 9.43. The van der Waals surface area contributed by atoms with Crippen molar-refractivity contribution in [2.24, 2.45) is 0 Å². The highest BCUT2D eigenvalue weighted by Crippen LogP contribution is 2.21. The molecule has 1 aromatic heterocycles. The molecule has 2 aromatic carbocycles. The summed E-state index contributed by atoms with van der Waals surface area (Å²) in [5.41, 5.74) is 4.23. The van der Waals surface area contributed by atoms with Crippen molar-refractivity contribution in [3.8, 4) is 17.6 Å². The number of amides is 1. The number of methoxy groups -OCH3 is 1. The molecular weight excluding hydrogens is 350 g/mol. The molecule has 2 N–H and O–H groups in total. The summed E-state index contributed by atoms with van der Waals surface area (Å²) >= 11 is 0. The molecule has 0 radical (unpaired) electrons. The number of benzene rings is 2. The summed E-state index contributed by atoms with van der Waals surface area (Å²) in [5.74, 6) is 6.82. The van der Waals surface area contributed by atoms with Gasteiger partial charge in [0.1, 0.15) is 11.4 Å². The number of hydrogen-bond donors (Lipinski definition) is 2. The number of nitrogens with one attached hydrogen (secondary N) is 2. The Balaban J connectivity index is 1.28. The van der Waals surface area contributed by atoms with E-state index in [2.05, 4.69) is 51.3 Å². The monoisotopic (exact) mass is 373 g/mol. The lowest BCUT2D eigenvalue weighted by molar-refractivity contribution is 0.0954. The van der Waals surface area contributed by atoms with E-state index in [4.69, 9.17) is 4.74 Å². The number of carbonyl (C=O) groups excluding carboxylic acids is 1. The molecule has 1 aliphatic rings. The van der Waals surface area contributed by atoms with E-state index < -0.39 is 0 Å². The standard InChI is InChI=1S/C23H23N3O2/c1-28-20-9-8-18-14-22(25-21(18)15-20)23(27)24-11-4-5-12-26-13-10-17-6-2-3-7-19(17)16-26/h2-3,6-9,14-15,25H,10-13,16H2,1H3,(H,24,27). The molecule has 0 saturated carbocycles. The van der Waals surface area contributed by atoms with Gasteiger partial charge < -0.3 is 15.0 Å². The van der Waals surface area contributed by atoms with E-state index in [0.29, 0.717) is 12.2 Å². The molecule has 4 rings (SSSR count). The minimum atomic E-state index is -0.156. The van der Waals surface area contributed by atoms with Crippen LogP contribution in [0.25, 0.3) is 10.9 Å². The fraction of sp³-hybridized carbons (Fsp3) is 0.261. The van der Waals surface area contributed by atoms with Crippen LogP contribution < -0.4 is 10.1 Å². The van der Waals surface area contributed by atoms with E-state index in [0.717, 1.165) is 42.7 Å². The molecule has 0 fully saturated rings. The average molecular weight is 373 g/mol. The number of nitrogens with zero attached hydrogens (tertiary/aromatic N) is 1. The van der Waals surface area contributed by atoms with Crippen LogP contribution in [0.15, 0.2) is 48.5 Å². The SMILES string of the molecule is COc1ccc2cc(C(=O)NCC#CCN3CCc4ccccc4C3)[nH]c2c1. The van der Waals surface area contributed by atoms with Crippen molar-refractivity contribution in [1.29, 1.82) is 0 Å². The Labute approximate surface area is 164 Å². The Hall–Kier alpha value is -3.23. The lowest BCUT2D eigenvalue weighted by atomic mass is 10.0. The first-order valence-corrected chi connectivity index (χ1v) is 9.43. The first-order chi connectivity index (χ1) is 13.7. The topological polar surface area (TPSA) is 57.4 Å². The predicted molar refractivity (Wildman–Crippen MR) is 110 cm³/mol. The molecule has 2 heterocycles. The molecule has 142 valence electrons. The second-order valence-electron chi connectivity index (χ2n) is 6.90. The van der Waals surface area contributed by atoms with Gasteiger partial charge in [-0.05, 0) is 35.7 Å². The maximum atomic E-state index is 12.3. The number of rotatable bonds is 4. The van der Waals surface area contributed by atoms with Crippen LogP contribution in [0.3, 0.4) is 0 Å². The van der Waals surface area contributed by atoms with Crippen molar-refractivity contribution in [1.82, 2.24) is 15.2 Å². The number of carbonyl (C=O) groups is 1. The zero-order chi connectivity index (χ0) is 19.3. The summed E-state index contributed by atoms with van der Waals surface area (Å²) < 4.78 is 5.21. The minimum absolute atomic E-state index is 0.156. The van der Waals surface area contributed by atoms with Gasteiger partial charge in [0.2, 0.25) is 0 Å². The number of H-pyrrole nitrogens is 1. The summed E-state index contributed by atoms with van der Waals surface area (Å²) in [6.45, 7) is 3.02. The molecular formula is C23H23N3O2. The molecule has 0 atom stereocenters. The summed E-state index contributed by atoms with van der Waals surface area (Å²) in [7, 11) is 1.62. The van der Waals surface area contributed by atoms with Gasteiger partial charge in [-0.25, -0.2) is 0 Å². The molecule has 0 aliphatic carbocycles. The summed E-state index contributed by atoms with van der Waals surface area (Å²) in [6.07, 6.45) is 1.07. The highest BCUT2D eigenvalue weighted by molar-refractivity contribution is 5.98. The average Bonchev–Trinajstić information content (AvgIpc) is 3.16. The normalized spacial score (nSPS) is 13.5. The van der Waals surface area contributed by atoms with Crippen molar-refractivity contribution in [3.05, 3.63) is 65.4 Å². The highest BCUT2D eigenvalue weighted by atomic mass is 16.5. The molecule has 5 heteroatoms. The van der Waals surface area contributed by atoms with Crippen LogP contribution in [0.4, 0.5) is 0 Å². The van der Waals surface area contributed by atoms with Gasteiger partial charge >= 0.3 is 0 Å². The molecule has 3 aromatic rings. The number of ether oxygens (including phenoxy) is 1. The van der Waals surface area contributed by atoms with E-state index in [1.54, 1.807) is 7.11 Å². The van der Waals surface area contributed by atoms with Crippen molar-refractivity contribution >= 4 is 16.8 Å². The van der Waals surface area contributed by atoms with E-state index in [-0.39, 0.29) is 5.91 Å². The summed E-state index contributed by atoms with van der Waals surface area (Å²) in [5, 5.41) is 3.82. The zero-order valence-corrected chi connectivity index (χ0v) is 15.9. The van der Waals surface area contributed by atoms with Gasteiger partial charge in [0.05, 0.1) is 20.2 Å². The van der Waals surface area contributed by atoms with Crippen LogP contribution in [-0.2, 0) is 13.0 Å². The van der Waals surface area contributed by atoms with E-state index in [1.165, 1.54) is 11.1 Å². The first kappa shape index (κ1) is 18.1. The molecule has 28 heavy (non-hydrogen) atoms. The summed E-state index contributed by atoms with van der Waals surface area (Å²) in [4.78, 5) is 17.8. The van der Waals surface area contributed by atoms with Crippen LogP contribution in [-0.4, -0.2) is 42.5 Å². The molecule has 0 bridgehead atoms. The fourth-order valence-corrected chi connectivity index (χ4v) is 3.49. The van der Waals surface area contributed by atoms with Crippen molar-refractivity contribution in [3.63, 3.8) is 0 Å². The third kappa shape index (κ3) is 4.03. The van der Waals surface area contributed by atoms with E-state index in [9.17, 15) is 4.79 Å². The molecule has 1 amide bonds. The van der Waals surface area contributed by atoms with Gasteiger partial charge in [-0.2, -0.15) is 0 Å². The van der Waals surface area contributed by atoms with Gasteiger partial charge in [-0.15, -0.1) is 0 Å². The Morgan fingerprint density at radius 2 is 2.04 bits per heavy atom. The fourth-order valence-electron chi connectivity index (χ4n) is 3.49. The quantitative estimate of drug-likeness (QED) is 0.692. The number of aromatic amines is 1. The van der Waals surface area contributed by atoms with Crippen molar-refractivity contribution in [2.75, 3.05) is 26.7 Å². The van der Waals surface area contributed by atoms with E-state index in [1.807, 2.05) is 24.3 Å². The van der Waals surface area contributed by atoms with Gasteiger partial charge in [0.15, 0.2) is 0 Å². The Kier molecular flexibility index (Phi) is 5.31. The molecule has 0 unspecified atom stereocenters. The predicted octanol–water partition coefficient (Wildman–Crippen LogP) is 2.97. The van der Waals surface area contributed by atoms with Crippen LogP contribution in [0, 0.1) is 11.8 Å². The van der Waals surface area contributed by atoms with Crippen molar-refractivity contribution in [2.45, 2.75) is 13.0 Å². The second-order valence-corrected chi connectivity index (χ2v) is 6.90. The largest absolute Gasteiger partial charge is 0.497 e. The smallest absolute Gasteiger partial charge is 0.268 e. The Bertz CT molecular complexity index is 1060. The number of fused-ring (bicyclic) bond motifs is 2. The van der Waals surface area contributed by atoms with Gasteiger partial charge in [0, 0.05) is 30.1 Å². The van der Waals surface area contributed by atoms with E-state index >= 15 is 0 Å². The van der Waals surface area contributed by atoms with Gasteiger partial charge in [-0.3, -0.25) is 9.69 Å². The highest BCUT2D eigenvalue weighted by Gasteiger charge is 2.14. The zero-order valence-electron chi connectivity index (χ0n) is 15.9. The van der Waals surface area contributed by atoms with Crippen molar-refractivity contribution < 1.29 is 9.53 Å². The number of hydrogen-bond acceptors (Lipinski definition) is 3. The van der Waals surface area contributed by atoms with Gasteiger partial charge in [0.25, 0.3) is 5.91 Å². The van der Waals surface area contributed by atoms with Crippen LogP contribution in [0.5, 0.6) is 5.75 Å². The summed E-state index contributed by atoms with van der Waals surface area (Å²) in [6, 6.07) is 16.1. The number of aromatic nitrogens is 1. The Morgan fingerprint density at radius 3 is 2.89 bits per heavy atom.